The van der Waals surface area contributed by atoms with E-state index in [2.05, 4.69) is 5.32 Å². The van der Waals surface area contributed by atoms with Gasteiger partial charge in [0, 0.05) is 11.5 Å². The van der Waals surface area contributed by atoms with E-state index in [0.29, 0.717) is 10.6 Å². The SMILES string of the molecule is [2H]C([2H])(NC(=O)OC(C)(C)C)c1ccc(Cl)cc1. The summed E-state index contributed by atoms with van der Waals surface area (Å²) in [6, 6.07) is 6.15. The number of halogens is 1. The van der Waals surface area contributed by atoms with Crippen molar-refractivity contribution in [1.82, 2.24) is 5.32 Å². The van der Waals surface area contributed by atoms with Crippen LogP contribution < -0.4 is 5.32 Å². The molecule has 1 aromatic rings. The van der Waals surface area contributed by atoms with Crippen LogP contribution in [-0.4, -0.2) is 11.7 Å². The van der Waals surface area contributed by atoms with Crippen molar-refractivity contribution < 1.29 is 12.3 Å². The first-order valence-electron chi connectivity index (χ1n) is 5.87. The molecule has 0 aliphatic heterocycles. The van der Waals surface area contributed by atoms with Gasteiger partial charge in [-0.2, -0.15) is 0 Å². The number of carbonyl (C=O) groups is 1. The van der Waals surface area contributed by atoms with Crippen molar-refractivity contribution in [1.29, 1.82) is 0 Å². The maximum Gasteiger partial charge on any atom is 0.407 e. The van der Waals surface area contributed by atoms with E-state index in [1.54, 1.807) is 32.9 Å². The van der Waals surface area contributed by atoms with Gasteiger partial charge in [0.1, 0.15) is 5.60 Å². The minimum atomic E-state index is -2.01. The van der Waals surface area contributed by atoms with Crippen molar-refractivity contribution in [2.24, 2.45) is 0 Å². The summed E-state index contributed by atoms with van der Waals surface area (Å²) in [5.74, 6) is 0. The van der Waals surface area contributed by atoms with Crippen LogP contribution in [0, 0.1) is 0 Å². The van der Waals surface area contributed by atoms with Gasteiger partial charge in [-0.25, -0.2) is 4.79 Å². The van der Waals surface area contributed by atoms with Crippen LogP contribution in [0.15, 0.2) is 24.3 Å². The van der Waals surface area contributed by atoms with E-state index < -0.39 is 18.2 Å². The number of carbonyl (C=O) groups excluding carboxylic acids is 1. The molecule has 0 saturated carbocycles. The molecule has 0 spiro atoms. The van der Waals surface area contributed by atoms with Crippen LogP contribution in [0.3, 0.4) is 0 Å². The summed E-state index contributed by atoms with van der Waals surface area (Å²) >= 11 is 5.72. The highest BCUT2D eigenvalue weighted by molar-refractivity contribution is 6.30. The zero-order chi connectivity index (χ0) is 14.0. The van der Waals surface area contributed by atoms with Crippen LogP contribution >= 0.6 is 11.6 Å². The van der Waals surface area contributed by atoms with E-state index in [9.17, 15) is 4.79 Å². The van der Waals surface area contributed by atoms with Crippen molar-refractivity contribution in [3.05, 3.63) is 34.9 Å². The highest BCUT2D eigenvalue weighted by Gasteiger charge is 2.15. The van der Waals surface area contributed by atoms with E-state index in [1.807, 2.05) is 0 Å². The van der Waals surface area contributed by atoms with Gasteiger partial charge in [-0.3, -0.25) is 0 Å². The second kappa shape index (κ2) is 5.21. The Balaban J connectivity index is 2.75. The van der Waals surface area contributed by atoms with E-state index >= 15 is 0 Å². The summed E-state index contributed by atoms with van der Waals surface area (Å²) < 4.78 is 20.6. The van der Waals surface area contributed by atoms with Gasteiger partial charge in [-0.1, -0.05) is 23.7 Å². The van der Waals surface area contributed by atoms with Gasteiger partial charge in [0.15, 0.2) is 0 Å². The minimum Gasteiger partial charge on any atom is -0.444 e. The van der Waals surface area contributed by atoms with Gasteiger partial charge < -0.3 is 10.1 Å². The summed E-state index contributed by atoms with van der Waals surface area (Å²) in [6.45, 7) is 3.13. The van der Waals surface area contributed by atoms with Crippen LogP contribution in [0.2, 0.25) is 5.02 Å². The Morgan fingerprint density at radius 1 is 1.44 bits per heavy atom. The maximum absolute atomic E-state index is 11.5. The molecule has 16 heavy (non-hydrogen) atoms. The van der Waals surface area contributed by atoms with Crippen molar-refractivity contribution in [2.75, 3.05) is 0 Å². The van der Waals surface area contributed by atoms with Gasteiger partial charge in [0.25, 0.3) is 0 Å². The molecule has 1 amide bonds. The zero-order valence-corrected chi connectivity index (χ0v) is 10.3. The van der Waals surface area contributed by atoms with E-state index in [0.717, 1.165) is 0 Å². The maximum atomic E-state index is 11.5. The zero-order valence-electron chi connectivity index (χ0n) is 11.5. The third kappa shape index (κ3) is 5.03. The molecule has 0 heterocycles. The van der Waals surface area contributed by atoms with Gasteiger partial charge in [-0.15, -0.1) is 0 Å². The molecule has 1 aromatic carbocycles. The van der Waals surface area contributed by atoms with Gasteiger partial charge >= 0.3 is 6.09 Å². The number of hydrogen-bond acceptors (Lipinski definition) is 2. The predicted molar refractivity (Wildman–Crippen MR) is 64.5 cm³/mol. The quantitative estimate of drug-likeness (QED) is 0.865. The van der Waals surface area contributed by atoms with Crippen LogP contribution in [0.1, 0.15) is 29.1 Å². The number of benzene rings is 1. The molecule has 0 fully saturated rings. The molecule has 0 aliphatic rings. The molecule has 1 rings (SSSR count). The molecule has 0 atom stereocenters. The van der Waals surface area contributed by atoms with Crippen molar-refractivity contribution in [3.8, 4) is 0 Å². The highest BCUT2D eigenvalue weighted by atomic mass is 35.5. The first-order chi connectivity index (χ1) is 8.10. The molecule has 88 valence electrons. The number of rotatable bonds is 2. The standard InChI is InChI=1S/C12H16ClNO2/c1-12(2,3)16-11(15)14-8-9-4-6-10(13)7-5-9/h4-7H,8H2,1-3H3,(H,14,15)/i8D2. The number of nitrogens with one attached hydrogen (secondary N) is 1. The fraction of sp³-hybridized carbons (Fsp3) is 0.417. The first kappa shape index (κ1) is 9.97. The fourth-order valence-electron chi connectivity index (χ4n) is 0.960. The van der Waals surface area contributed by atoms with Gasteiger partial charge in [0.05, 0.1) is 2.74 Å². The Labute approximate surface area is 104 Å². The largest absolute Gasteiger partial charge is 0.444 e. The second-order valence-corrected chi connectivity index (χ2v) is 4.70. The molecule has 1 N–H and O–H groups in total. The lowest BCUT2D eigenvalue weighted by Crippen LogP contribution is -2.32. The lowest BCUT2D eigenvalue weighted by atomic mass is 10.2. The lowest BCUT2D eigenvalue weighted by Gasteiger charge is -2.19. The smallest absolute Gasteiger partial charge is 0.407 e. The van der Waals surface area contributed by atoms with Gasteiger partial charge in [0.2, 0.25) is 0 Å². The van der Waals surface area contributed by atoms with E-state index in [1.165, 1.54) is 12.1 Å². The Hall–Kier alpha value is -1.22. The van der Waals surface area contributed by atoms with E-state index in [4.69, 9.17) is 19.1 Å². The average molecular weight is 244 g/mol. The minimum absolute atomic E-state index is 0.303. The summed E-state index contributed by atoms with van der Waals surface area (Å²) in [7, 11) is 0. The number of hydrogen-bond donors (Lipinski definition) is 1. The highest BCUT2D eigenvalue weighted by Crippen LogP contribution is 2.10. The van der Waals surface area contributed by atoms with Crippen LogP contribution in [0.4, 0.5) is 4.79 Å². The molecule has 3 nitrogen and oxygen atoms in total. The third-order valence-electron chi connectivity index (χ3n) is 1.55. The number of amides is 1. The van der Waals surface area contributed by atoms with Crippen LogP contribution in [-0.2, 0) is 11.2 Å². The Morgan fingerprint density at radius 3 is 2.50 bits per heavy atom. The summed E-state index contributed by atoms with van der Waals surface area (Å²) in [5.41, 5.74) is -0.363. The molecule has 0 unspecified atom stereocenters. The Bertz CT molecular complexity index is 427. The molecule has 0 saturated heterocycles. The molecule has 0 aromatic heterocycles. The van der Waals surface area contributed by atoms with Crippen molar-refractivity contribution in [2.45, 2.75) is 32.9 Å². The predicted octanol–water partition coefficient (Wildman–Crippen LogP) is 3.36. The molecule has 4 heteroatoms. The molecule has 0 bridgehead atoms. The number of alkyl carbamates (subject to hydrolysis) is 1. The molecular formula is C12H16ClNO2. The summed E-state index contributed by atoms with van der Waals surface area (Å²) in [6.07, 6.45) is -0.803. The molecule has 0 aliphatic carbocycles. The average Bonchev–Trinajstić information content (AvgIpc) is 2.13. The van der Waals surface area contributed by atoms with Gasteiger partial charge in [-0.05, 0) is 38.5 Å². The van der Waals surface area contributed by atoms with Crippen molar-refractivity contribution >= 4 is 17.7 Å². The van der Waals surface area contributed by atoms with Crippen LogP contribution in [0.5, 0.6) is 0 Å². The summed E-state index contributed by atoms with van der Waals surface area (Å²) in [4.78, 5) is 11.5. The Kier molecular flexibility index (Phi) is 3.25. The normalized spacial score (nSPS) is 13.8. The second-order valence-electron chi connectivity index (χ2n) is 4.26. The Morgan fingerprint density at radius 2 is 2.00 bits per heavy atom. The fourth-order valence-corrected chi connectivity index (χ4v) is 1.09. The van der Waals surface area contributed by atoms with E-state index in [-0.39, 0.29) is 0 Å². The topological polar surface area (TPSA) is 38.3 Å². The van der Waals surface area contributed by atoms with Crippen molar-refractivity contribution in [3.63, 3.8) is 0 Å². The van der Waals surface area contributed by atoms with Crippen LogP contribution in [0.25, 0.3) is 0 Å². The summed E-state index contributed by atoms with van der Waals surface area (Å²) in [5, 5.41) is 2.68. The third-order valence-corrected chi connectivity index (χ3v) is 1.80. The lowest BCUT2D eigenvalue weighted by molar-refractivity contribution is 0.0523. The first-order valence-corrected chi connectivity index (χ1v) is 5.25. The molecule has 0 radical (unpaired) electrons. The number of ether oxygens (including phenoxy) is 1. The molecular weight excluding hydrogens is 226 g/mol. The monoisotopic (exact) mass is 243 g/mol.